The van der Waals surface area contributed by atoms with Crippen molar-refractivity contribution in [3.63, 3.8) is 0 Å². The fourth-order valence-electron chi connectivity index (χ4n) is 2.99. The third-order valence-electron chi connectivity index (χ3n) is 4.46. The van der Waals surface area contributed by atoms with Crippen LogP contribution in [0.2, 0.25) is 0 Å². The van der Waals surface area contributed by atoms with Gasteiger partial charge < -0.3 is 19.4 Å². The number of aromatic nitrogens is 2. The van der Waals surface area contributed by atoms with Gasteiger partial charge in [0.25, 0.3) is 5.91 Å². The van der Waals surface area contributed by atoms with Crippen molar-refractivity contribution in [3.8, 4) is 5.88 Å². The summed E-state index contributed by atoms with van der Waals surface area (Å²) in [4.78, 5) is 17.0. The van der Waals surface area contributed by atoms with Gasteiger partial charge in [0.2, 0.25) is 15.9 Å². The number of ether oxygens (including phenoxy) is 2. The molecule has 0 bridgehead atoms. The lowest BCUT2D eigenvalue weighted by molar-refractivity contribution is 0.101. The standard InChI is InChI=1S/C18H24N4O5S/c1-21-13-14(28(24,25)22-8-3-4-9-22)12-16(21)17(23)20-15-6-5-7-19-18(15)27-11-10-26-2/h5-7,12-13H,3-4,8-11H2,1-2H3,(H,20,23). The van der Waals surface area contributed by atoms with Gasteiger partial charge in [-0.05, 0) is 31.0 Å². The topological polar surface area (TPSA) is 103 Å². The molecule has 1 aliphatic rings. The lowest BCUT2D eigenvalue weighted by atomic mass is 10.3. The summed E-state index contributed by atoms with van der Waals surface area (Å²) in [6.07, 6.45) is 4.72. The third kappa shape index (κ3) is 4.34. The number of hydrogen-bond donors (Lipinski definition) is 1. The lowest BCUT2D eigenvalue weighted by Crippen LogP contribution is -2.27. The van der Waals surface area contributed by atoms with Crippen molar-refractivity contribution < 1.29 is 22.7 Å². The monoisotopic (exact) mass is 408 g/mol. The SMILES string of the molecule is COCCOc1ncccc1NC(=O)c1cc(S(=O)(=O)N2CCCC2)cn1C. The third-order valence-corrected chi connectivity index (χ3v) is 6.32. The molecular weight excluding hydrogens is 384 g/mol. The van der Waals surface area contributed by atoms with Gasteiger partial charge in [-0.3, -0.25) is 4.79 Å². The Labute approximate surface area is 164 Å². The predicted molar refractivity (Wildman–Crippen MR) is 103 cm³/mol. The molecule has 1 saturated heterocycles. The quantitative estimate of drug-likeness (QED) is 0.664. The maximum Gasteiger partial charge on any atom is 0.272 e. The van der Waals surface area contributed by atoms with Gasteiger partial charge >= 0.3 is 0 Å². The minimum Gasteiger partial charge on any atom is -0.474 e. The lowest BCUT2D eigenvalue weighted by Gasteiger charge is -2.13. The van der Waals surface area contributed by atoms with Crippen molar-refractivity contribution in [2.45, 2.75) is 17.7 Å². The minimum atomic E-state index is -3.59. The highest BCUT2D eigenvalue weighted by Crippen LogP contribution is 2.24. The smallest absolute Gasteiger partial charge is 0.272 e. The first-order valence-electron chi connectivity index (χ1n) is 8.98. The Kier molecular flexibility index (Phi) is 6.32. The fourth-order valence-corrected chi connectivity index (χ4v) is 4.58. The number of pyridine rings is 1. The summed E-state index contributed by atoms with van der Waals surface area (Å²) in [5.41, 5.74) is 0.623. The minimum absolute atomic E-state index is 0.116. The number of sulfonamides is 1. The fraction of sp³-hybridized carbons (Fsp3) is 0.444. The zero-order chi connectivity index (χ0) is 20.1. The van der Waals surface area contributed by atoms with Crippen molar-refractivity contribution in [3.05, 3.63) is 36.3 Å². The second-order valence-corrected chi connectivity index (χ2v) is 8.37. The van der Waals surface area contributed by atoms with E-state index in [1.165, 1.54) is 21.1 Å². The van der Waals surface area contributed by atoms with E-state index in [9.17, 15) is 13.2 Å². The van der Waals surface area contributed by atoms with E-state index in [1.807, 2.05) is 0 Å². The molecule has 2 aromatic heterocycles. The zero-order valence-electron chi connectivity index (χ0n) is 15.9. The molecule has 0 atom stereocenters. The van der Waals surface area contributed by atoms with Crippen LogP contribution in [0.5, 0.6) is 5.88 Å². The summed E-state index contributed by atoms with van der Waals surface area (Å²) < 4.78 is 38.8. The number of hydrogen-bond acceptors (Lipinski definition) is 6. The molecule has 0 radical (unpaired) electrons. The zero-order valence-corrected chi connectivity index (χ0v) is 16.7. The van der Waals surface area contributed by atoms with Crippen LogP contribution in [0.3, 0.4) is 0 Å². The predicted octanol–water partition coefficient (Wildman–Crippen LogP) is 1.48. The van der Waals surface area contributed by atoms with Gasteiger partial charge in [0.15, 0.2) is 0 Å². The second kappa shape index (κ2) is 8.72. The number of nitrogens with one attached hydrogen (secondary N) is 1. The molecule has 1 N–H and O–H groups in total. The number of carbonyl (C=O) groups is 1. The Balaban J connectivity index is 1.78. The van der Waals surface area contributed by atoms with Gasteiger partial charge in [-0.25, -0.2) is 13.4 Å². The Morgan fingerprint density at radius 1 is 1.29 bits per heavy atom. The largest absolute Gasteiger partial charge is 0.474 e. The number of amides is 1. The first-order valence-corrected chi connectivity index (χ1v) is 10.4. The van der Waals surface area contributed by atoms with Crippen LogP contribution >= 0.6 is 0 Å². The van der Waals surface area contributed by atoms with E-state index in [-0.39, 0.29) is 16.5 Å². The van der Waals surface area contributed by atoms with Gasteiger partial charge in [-0.2, -0.15) is 4.31 Å². The molecule has 28 heavy (non-hydrogen) atoms. The van der Waals surface area contributed by atoms with E-state index in [0.717, 1.165) is 12.8 Å². The van der Waals surface area contributed by atoms with Gasteiger partial charge in [0.05, 0.1) is 6.61 Å². The highest BCUT2D eigenvalue weighted by Gasteiger charge is 2.29. The average Bonchev–Trinajstić information content (AvgIpc) is 3.34. The molecule has 2 aromatic rings. The highest BCUT2D eigenvalue weighted by atomic mass is 32.2. The van der Waals surface area contributed by atoms with Gasteiger partial charge in [0, 0.05) is 39.6 Å². The van der Waals surface area contributed by atoms with E-state index in [1.54, 1.807) is 32.5 Å². The van der Waals surface area contributed by atoms with Crippen molar-refractivity contribution in [2.75, 3.05) is 38.7 Å². The molecule has 0 spiro atoms. The van der Waals surface area contributed by atoms with E-state index >= 15 is 0 Å². The van der Waals surface area contributed by atoms with Crippen LogP contribution < -0.4 is 10.1 Å². The molecule has 1 fully saturated rings. The summed E-state index contributed by atoms with van der Waals surface area (Å²) in [6, 6.07) is 4.73. The molecule has 9 nitrogen and oxygen atoms in total. The molecule has 152 valence electrons. The number of methoxy groups -OCH3 is 1. The Hall–Kier alpha value is -2.43. The average molecular weight is 408 g/mol. The summed E-state index contributed by atoms with van der Waals surface area (Å²) >= 11 is 0. The van der Waals surface area contributed by atoms with Crippen LogP contribution in [0.25, 0.3) is 0 Å². The van der Waals surface area contributed by atoms with E-state index in [0.29, 0.717) is 32.0 Å². The van der Waals surface area contributed by atoms with Crippen molar-refractivity contribution >= 4 is 21.6 Å². The van der Waals surface area contributed by atoms with Gasteiger partial charge in [-0.15, -0.1) is 0 Å². The van der Waals surface area contributed by atoms with Crippen LogP contribution in [0, 0.1) is 0 Å². The normalized spacial score (nSPS) is 14.9. The molecule has 1 aliphatic heterocycles. The number of aryl methyl sites for hydroxylation is 1. The Morgan fingerprint density at radius 2 is 2.04 bits per heavy atom. The molecule has 10 heteroatoms. The van der Waals surface area contributed by atoms with Crippen LogP contribution in [0.4, 0.5) is 5.69 Å². The van der Waals surface area contributed by atoms with Crippen molar-refractivity contribution in [1.82, 2.24) is 13.9 Å². The summed E-state index contributed by atoms with van der Waals surface area (Å²) in [7, 11) is -0.389. The summed E-state index contributed by atoms with van der Waals surface area (Å²) in [5, 5.41) is 2.73. The van der Waals surface area contributed by atoms with Crippen LogP contribution in [-0.2, 0) is 21.8 Å². The second-order valence-electron chi connectivity index (χ2n) is 6.43. The molecule has 0 aromatic carbocycles. The maximum atomic E-state index is 12.7. The number of carbonyl (C=O) groups excluding carboxylic acids is 1. The maximum absolute atomic E-state index is 12.7. The Bertz CT molecular complexity index is 935. The summed E-state index contributed by atoms with van der Waals surface area (Å²) in [6.45, 7) is 1.70. The molecule has 3 heterocycles. The molecular formula is C18H24N4O5S. The molecule has 3 rings (SSSR count). The van der Waals surface area contributed by atoms with Crippen molar-refractivity contribution in [2.24, 2.45) is 7.05 Å². The van der Waals surface area contributed by atoms with E-state index in [4.69, 9.17) is 9.47 Å². The Morgan fingerprint density at radius 3 is 2.75 bits per heavy atom. The van der Waals surface area contributed by atoms with E-state index < -0.39 is 15.9 Å². The number of anilines is 1. The number of nitrogens with zero attached hydrogens (tertiary/aromatic N) is 3. The van der Waals surface area contributed by atoms with E-state index in [2.05, 4.69) is 10.3 Å². The molecule has 0 aliphatic carbocycles. The summed E-state index contributed by atoms with van der Waals surface area (Å²) in [5.74, 6) is -0.179. The molecule has 1 amide bonds. The van der Waals surface area contributed by atoms with Crippen LogP contribution in [0.1, 0.15) is 23.3 Å². The first kappa shape index (κ1) is 20.3. The van der Waals surface area contributed by atoms with Crippen LogP contribution in [-0.4, -0.2) is 61.6 Å². The highest BCUT2D eigenvalue weighted by molar-refractivity contribution is 7.89. The molecule has 0 unspecified atom stereocenters. The molecule has 0 saturated carbocycles. The number of rotatable bonds is 8. The first-order chi connectivity index (χ1) is 13.4. The van der Waals surface area contributed by atoms with Crippen LogP contribution in [0.15, 0.2) is 35.5 Å². The van der Waals surface area contributed by atoms with Crippen molar-refractivity contribution in [1.29, 1.82) is 0 Å². The van der Waals surface area contributed by atoms with Gasteiger partial charge in [0.1, 0.15) is 22.9 Å². The van der Waals surface area contributed by atoms with Gasteiger partial charge in [-0.1, -0.05) is 0 Å².